The first-order valence-electron chi connectivity index (χ1n) is 6.24. The van der Waals surface area contributed by atoms with E-state index in [-0.39, 0.29) is 11.7 Å². The molecule has 1 amide bonds. The van der Waals surface area contributed by atoms with Gasteiger partial charge in [0.1, 0.15) is 5.78 Å². The van der Waals surface area contributed by atoms with Crippen molar-refractivity contribution in [2.24, 2.45) is 0 Å². The van der Waals surface area contributed by atoms with E-state index in [2.05, 4.69) is 0 Å². The van der Waals surface area contributed by atoms with Crippen LogP contribution in [0.5, 0.6) is 0 Å². The lowest BCUT2D eigenvalue weighted by atomic mass is 10.1. The Bertz CT molecular complexity index is 287. The minimum atomic E-state index is 0.194. The lowest BCUT2D eigenvalue weighted by Crippen LogP contribution is -2.45. The number of carbonyl (C=O) groups is 2. The van der Waals surface area contributed by atoms with E-state index < -0.39 is 0 Å². The zero-order chi connectivity index (χ0) is 11.5. The second-order valence-corrected chi connectivity index (χ2v) is 4.76. The molecule has 0 unspecified atom stereocenters. The van der Waals surface area contributed by atoms with Gasteiger partial charge in [-0.2, -0.15) is 0 Å². The number of likely N-dealkylation sites (tertiary alicyclic amines) is 1. The van der Waals surface area contributed by atoms with Crippen LogP contribution >= 0.6 is 0 Å². The Morgan fingerprint density at radius 2 is 2.25 bits per heavy atom. The third-order valence-electron chi connectivity index (χ3n) is 3.34. The van der Waals surface area contributed by atoms with Crippen molar-refractivity contribution in [2.75, 3.05) is 26.2 Å². The SMILES string of the molecule is CCN(C(=O)CN1CCCC(=O)C1)C1CC1. The zero-order valence-electron chi connectivity index (χ0n) is 9.95. The Hall–Kier alpha value is -0.900. The van der Waals surface area contributed by atoms with Gasteiger partial charge in [-0.25, -0.2) is 0 Å². The van der Waals surface area contributed by atoms with Crippen molar-refractivity contribution < 1.29 is 9.59 Å². The van der Waals surface area contributed by atoms with Crippen molar-refractivity contribution in [2.45, 2.75) is 38.6 Å². The fourth-order valence-electron chi connectivity index (χ4n) is 2.35. The fraction of sp³-hybridized carbons (Fsp3) is 0.833. The van der Waals surface area contributed by atoms with Crippen LogP contribution < -0.4 is 0 Å². The van der Waals surface area contributed by atoms with Gasteiger partial charge in [-0.05, 0) is 32.7 Å². The normalized spacial score (nSPS) is 22.2. The second kappa shape index (κ2) is 4.95. The summed E-state index contributed by atoms with van der Waals surface area (Å²) in [5.41, 5.74) is 0. The van der Waals surface area contributed by atoms with Crippen LogP contribution in [0, 0.1) is 0 Å². The van der Waals surface area contributed by atoms with Gasteiger partial charge in [0, 0.05) is 19.0 Å². The van der Waals surface area contributed by atoms with E-state index in [1.807, 2.05) is 16.7 Å². The molecule has 16 heavy (non-hydrogen) atoms. The van der Waals surface area contributed by atoms with Crippen LogP contribution in [0.4, 0.5) is 0 Å². The average molecular weight is 224 g/mol. The van der Waals surface area contributed by atoms with E-state index in [0.717, 1.165) is 32.4 Å². The summed E-state index contributed by atoms with van der Waals surface area (Å²) in [5, 5.41) is 0. The number of likely N-dealkylation sites (N-methyl/N-ethyl adjacent to an activating group) is 1. The number of Topliss-reactive ketones (excluding diaryl/α,β-unsaturated/α-hetero) is 1. The van der Waals surface area contributed by atoms with Gasteiger partial charge in [0.15, 0.2) is 0 Å². The quantitative estimate of drug-likeness (QED) is 0.704. The molecule has 0 spiro atoms. The first-order valence-corrected chi connectivity index (χ1v) is 6.24. The van der Waals surface area contributed by atoms with Crippen molar-refractivity contribution in [1.29, 1.82) is 0 Å². The molecule has 1 heterocycles. The van der Waals surface area contributed by atoms with Gasteiger partial charge < -0.3 is 4.90 Å². The summed E-state index contributed by atoms with van der Waals surface area (Å²) >= 11 is 0. The molecule has 4 nitrogen and oxygen atoms in total. The molecule has 0 aromatic carbocycles. The molecule has 2 aliphatic rings. The number of rotatable bonds is 4. The molecule has 1 aliphatic carbocycles. The van der Waals surface area contributed by atoms with E-state index in [1.54, 1.807) is 0 Å². The molecule has 0 aromatic rings. The number of carbonyl (C=O) groups excluding carboxylic acids is 2. The Morgan fingerprint density at radius 1 is 1.50 bits per heavy atom. The van der Waals surface area contributed by atoms with Crippen LogP contribution in [0.25, 0.3) is 0 Å². The highest BCUT2D eigenvalue weighted by molar-refractivity contribution is 5.83. The second-order valence-electron chi connectivity index (χ2n) is 4.76. The molecular weight excluding hydrogens is 204 g/mol. The molecule has 90 valence electrons. The molecule has 0 bridgehead atoms. The maximum atomic E-state index is 12.0. The number of nitrogens with zero attached hydrogens (tertiary/aromatic N) is 2. The molecule has 0 atom stereocenters. The standard InChI is InChI=1S/C12H20N2O2/c1-2-14(10-5-6-10)12(16)9-13-7-3-4-11(15)8-13/h10H,2-9H2,1H3. The van der Waals surface area contributed by atoms with Crippen LogP contribution in [0.1, 0.15) is 32.6 Å². The zero-order valence-corrected chi connectivity index (χ0v) is 9.95. The lowest BCUT2D eigenvalue weighted by molar-refractivity contribution is -0.134. The molecule has 1 aliphatic heterocycles. The van der Waals surface area contributed by atoms with E-state index in [9.17, 15) is 9.59 Å². The Morgan fingerprint density at radius 3 is 2.81 bits per heavy atom. The van der Waals surface area contributed by atoms with E-state index in [0.29, 0.717) is 25.6 Å². The highest BCUT2D eigenvalue weighted by Gasteiger charge is 2.32. The maximum absolute atomic E-state index is 12.0. The molecule has 1 saturated carbocycles. The topological polar surface area (TPSA) is 40.6 Å². The molecule has 0 N–H and O–H groups in total. The third-order valence-corrected chi connectivity index (χ3v) is 3.34. The summed E-state index contributed by atoms with van der Waals surface area (Å²) in [6.07, 6.45) is 3.89. The summed E-state index contributed by atoms with van der Waals surface area (Å²) in [6, 6.07) is 0.484. The number of hydrogen-bond acceptors (Lipinski definition) is 3. The number of piperidine rings is 1. The smallest absolute Gasteiger partial charge is 0.236 e. The Labute approximate surface area is 96.6 Å². The van der Waals surface area contributed by atoms with Crippen LogP contribution in [-0.2, 0) is 9.59 Å². The third kappa shape index (κ3) is 2.82. The minimum Gasteiger partial charge on any atom is -0.339 e. The van der Waals surface area contributed by atoms with E-state index in [1.165, 1.54) is 0 Å². The van der Waals surface area contributed by atoms with Crippen LogP contribution in [0.2, 0.25) is 0 Å². The van der Waals surface area contributed by atoms with Crippen LogP contribution in [-0.4, -0.2) is 53.7 Å². The maximum Gasteiger partial charge on any atom is 0.236 e. The van der Waals surface area contributed by atoms with Gasteiger partial charge >= 0.3 is 0 Å². The summed E-state index contributed by atoms with van der Waals surface area (Å²) in [6.45, 7) is 4.60. The van der Waals surface area contributed by atoms with Gasteiger partial charge in [0.05, 0.1) is 13.1 Å². The Balaban J connectivity index is 1.83. The average Bonchev–Trinajstić information content (AvgIpc) is 3.03. The van der Waals surface area contributed by atoms with E-state index in [4.69, 9.17) is 0 Å². The van der Waals surface area contributed by atoms with Gasteiger partial charge in [-0.1, -0.05) is 0 Å². The van der Waals surface area contributed by atoms with Gasteiger partial charge in [-0.3, -0.25) is 14.5 Å². The monoisotopic (exact) mass is 224 g/mol. The van der Waals surface area contributed by atoms with Crippen molar-refractivity contribution in [1.82, 2.24) is 9.80 Å². The van der Waals surface area contributed by atoms with E-state index >= 15 is 0 Å². The van der Waals surface area contributed by atoms with Gasteiger partial charge in [0.25, 0.3) is 0 Å². The van der Waals surface area contributed by atoms with Gasteiger partial charge in [-0.15, -0.1) is 0 Å². The summed E-state index contributed by atoms with van der Waals surface area (Å²) in [7, 11) is 0. The molecule has 0 radical (unpaired) electrons. The van der Waals surface area contributed by atoms with Crippen molar-refractivity contribution in [3.63, 3.8) is 0 Å². The first-order chi connectivity index (χ1) is 7.70. The molecule has 2 rings (SSSR count). The van der Waals surface area contributed by atoms with Gasteiger partial charge in [0.2, 0.25) is 5.91 Å². The fourth-order valence-corrected chi connectivity index (χ4v) is 2.35. The number of amides is 1. The predicted molar refractivity (Wildman–Crippen MR) is 61.1 cm³/mol. The predicted octanol–water partition coefficient (Wildman–Crippen LogP) is 0.662. The summed E-state index contributed by atoms with van der Waals surface area (Å²) < 4.78 is 0. The molecule has 4 heteroatoms. The largest absolute Gasteiger partial charge is 0.339 e. The van der Waals surface area contributed by atoms with Crippen LogP contribution in [0.15, 0.2) is 0 Å². The number of hydrogen-bond donors (Lipinski definition) is 0. The van der Waals surface area contributed by atoms with Crippen molar-refractivity contribution in [3.8, 4) is 0 Å². The summed E-state index contributed by atoms with van der Waals surface area (Å²) in [5.74, 6) is 0.466. The first kappa shape index (κ1) is 11.6. The molecule has 0 aromatic heterocycles. The minimum absolute atomic E-state index is 0.194. The number of ketones is 1. The lowest BCUT2D eigenvalue weighted by Gasteiger charge is -2.28. The Kier molecular flexibility index (Phi) is 3.59. The highest BCUT2D eigenvalue weighted by atomic mass is 16.2. The van der Waals surface area contributed by atoms with Crippen LogP contribution in [0.3, 0.4) is 0 Å². The molecule has 2 fully saturated rings. The molecule has 1 saturated heterocycles. The molecular formula is C12H20N2O2. The highest BCUT2D eigenvalue weighted by Crippen LogP contribution is 2.26. The van der Waals surface area contributed by atoms with Crippen molar-refractivity contribution in [3.05, 3.63) is 0 Å². The van der Waals surface area contributed by atoms with Crippen molar-refractivity contribution >= 4 is 11.7 Å². The summed E-state index contributed by atoms with van der Waals surface area (Å²) in [4.78, 5) is 27.2.